The van der Waals surface area contributed by atoms with Gasteiger partial charge in [0.25, 0.3) is 17.0 Å². The molecule has 40 heavy (non-hydrogen) atoms. The van der Waals surface area contributed by atoms with Gasteiger partial charge in [-0.1, -0.05) is 61.5 Å². The van der Waals surface area contributed by atoms with E-state index in [0.717, 1.165) is 10.2 Å². The molecule has 1 fully saturated rings. The normalized spacial score (nSPS) is 14.0. The predicted molar refractivity (Wildman–Crippen MR) is 154 cm³/mol. The van der Waals surface area contributed by atoms with Gasteiger partial charge in [-0.15, -0.1) is 0 Å². The number of anilines is 3. The largest absolute Gasteiger partial charge is 0.505 e. The summed E-state index contributed by atoms with van der Waals surface area (Å²) >= 11 is 0. The van der Waals surface area contributed by atoms with E-state index in [4.69, 9.17) is 4.74 Å². The Balaban J connectivity index is 1.59. The fourth-order valence-electron chi connectivity index (χ4n) is 4.72. The number of amides is 1. The molecule has 1 aliphatic heterocycles. The molecule has 0 radical (unpaired) electrons. The van der Waals surface area contributed by atoms with E-state index >= 15 is 0 Å². The summed E-state index contributed by atoms with van der Waals surface area (Å²) in [5.74, 6) is -0.656. The number of morpholine rings is 1. The van der Waals surface area contributed by atoms with Gasteiger partial charge in [-0.25, -0.2) is 4.68 Å². The van der Waals surface area contributed by atoms with Crippen molar-refractivity contribution in [1.82, 2.24) is 14.7 Å². The Morgan fingerprint density at radius 1 is 0.950 bits per heavy atom. The second-order valence-corrected chi connectivity index (χ2v) is 9.41. The average Bonchev–Trinajstić information content (AvgIpc) is 3.00. The number of rotatable bonds is 8. The smallest absolute Gasteiger partial charge is 0.295 e. The zero-order chi connectivity index (χ0) is 28.1. The molecule has 5 rings (SSSR count). The molecule has 2 heterocycles. The van der Waals surface area contributed by atoms with E-state index in [1.54, 1.807) is 41.3 Å². The third-order valence-electron chi connectivity index (χ3n) is 6.87. The van der Waals surface area contributed by atoms with E-state index in [2.05, 4.69) is 15.7 Å². The number of aromatic nitrogens is 2. The fraction of sp³-hybridized carbons (Fsp3) is 0.233. The maximum Gasteiger partial charge on any atom is 0.295 e. The van der Waals surface area contributed by atoms with E-state index in [9.17, 15) is 19.5 Å². The van der Waals surface area contributed by atoms with Gasteiger partial charge in [-0.2, -0.15) is 0 Å². The molecule has 10 nitrogen and oxygen atoms in total. The second-order valence-electron chi connectivity index (χ2n) is 9.41. The highest BCUT2D eigenvalue weighted by atomic mass is 16.5. The van der Waals surface area contributed by atoms with Gasteiger partial charge in [0.15, 0.2) is 5.75 Å². The van der Waals surface area contributed by atoms with Gasteiger partial charge in [0.1, 0.15) is 11.4 Å². The third-order valence-corrected chi connectivity index (χ3v) is 6.87. The summed E-state index contributed by atoms with van der Waals surface area (Å²) in [6.07, 6.45) is 0.638. The van der Waals surface area contributed by atoms with Crippen LogP contribution < -0.4 is 21.8 Å². The molecule has 0 saturated carbocycles. The Hall–Kier alpha value is -4.83. The summed E-state index contributed by atoms with van der Waals surface area (Å²) in [6, 6.07) is 22.8. The van der Waals surface area contributed by atoms with Crippen LogP contribution in [0.4, 0.5) is 17.1 Å². The topological polar surface area (TPSA) is 129 Å². The Morgan fingerprint density at radius 2 is 1.62 bits per heavy atom. The van der Waals surface area contributed by atoms with E-state index in [1.807, 2.05) is 43.3 Å². The summed E-state index contributed by atoms with van der Waals surface area (Å²) in [5, 5.41) is 20.0. The van der Waals surface area contributed by atoms with Gasteiger partial charge in [-0.05, 0) is 36.2 Å². The first-order chi connectivity index (χ1) is 19.5. The standard InChI is InChI=1S/C30H31N5O5/c1-2-23(20-10-5-3-6-11-20)31-25-26(30(39)35(33-28(25)37)21-12-7-4-8-13-21)32-24-15-9-14-22(27(24)36)29(38)34-16-18-40-19-17-34/h3-15,23,31-32,36H,2,16-19H2,1H3,(H,33,37)/t23-/m1/s1. The molecule has 1 amide bonds. The number of aromatic hydroxyl groups is 1. The molecule has 1 aromatic heterocycles. The van der Waals surface area contributed by atoms with Crippen LogP contribution in [0, 0.1) is 0 Å². The lowest BCUT2D eigenvalue weighted by Crippen LogP contribution is -2.40. The van der Waals surface area contributed by atoms with Gasteiger partial charge >= 0.3 is 0 Å². The Bertz CT molecular complexity index is 1590. The molecular weight excluding hydrogens is 510 g/mol. The van der Waals surface area contributed by atoms with Crippen LogP contribution in [0.3, 0.4) is 0 Å². The minimum atomic E-state index is -0.541. The van der Waals surface area contributed by atoms with Crippen molar-refractivity contribution in [2.24, 2.45) is 0 Å². The number of nitrogens with one attached hydrogen (secondary N) is 3. The zero-order valence-corrected chi connectivity index (χ0v) is 22.1. The quantitative estimate of drug-likeness (QED) is 0.248. The van der Waals surface area contributed by atoms with Crippen LogP contribution in [0.2, 0.25) is 0 Å². The maximum absolute atomic E-state index is 13.9. The highest BCUT2D eigenvalue weighted by molar-refractivity contribution is 5.99. The van der Waals surface area contributed by atoms with Crippen molar-refractivity contribution in [1.29, 1.82) is 0 Å². The van der Waals surface area contributed by atoms with Crippen molar-refractivity contribution in [3.05, 3.63) is 111 Å². The minimum Gasteiger partial charge on any atom is -0.505 e. The second kappa shape index (κ2) is 11.9. The highest BCUT2D eigenvalue weighted by Crippen LogP contribution is 2.33. The number of carbonyl (C=O) groups is 1. The molecule has 4 aromatic rings. The van der Waals surface area contributed by atoms with E-state index in [0.29, 0.717) is 38.4 Å². The summed E-state index contributed by atoms with van der Waals surface area (Å²) in [6.45, 7) is 3.65. The monoisotopic (exact) mass is 541 g/mol. The fourth-order valence-corrected chi connectivity index (χ4v) is 4.72. The van der Waals surface area contributed by atoms with Gasteiger partial charge in [0.05, 0.1) is 36.2 Å². The van der Waals surface area contributed by atoms with Crippen LogP contribution in [-0.4, -0.2) is 52.0 Å². The molecule has 0 unspecified atom stereocenters. The van der Waals surface area contributed by atoms with Crippen molar-refractivity contribution >= 4 is 23.0 Å². The van der Waals surface area contributed by atoms with Gasteiger partial charge in [0, 0.05) is 13.1 Å². The first-order valence-corrected chi connectivity index (χ1v) is 13.2. The zero-order valence-electron chi connectivity index (χ0n) is 22.1. The van der Waals surface area contributed by atoms with Crippen LogP contribution in [-0.2, 0) is 4.74 Å². The van der Waals surface area contributed by atoms with Crippen LogP contribution in [0.15, 0.2) is 88.5 Å². The van der Waals surface area contributed by atoms with Crippen LogP contribution in [0.1, 0.15) is 35.3 Å². The average molecular weight is 542 g/mol. The van der Waals surface area contributed by atoms with E-state index in [-0.39, 0.29) is 40.3 Å². The lowest BCUT2D eigenvalue weighted by Gasteiger charge is -2.27. The minimum absolute atomic E-state index is 0.0252. The first kappa shape index (κ1) is 26.8. The first-order valence-electron chi connectivity index (χ1n) is 13.2. The maximum atomic E-state index is 13.9. The van der Waals surface area contributed by atoms with Gasteiger partial charge in [-0.3, -0.25) is 19.5 Å². The van der Waals surface area contributed by atoms with Crippen LogP contribution in [0.5, 0.6) is 5.75 Å². The molecule has 0 bridgehead atoms. The summed E-state index contributed by atoms with van der Waals surface area (Å²) in [7, 11) is 0. The molecule has 0 aliphatic carbocycles. The van der Waals surface area contributed by atoms with E-state index in [1.165, 1.54) is 6.07 Å². The number of H-pyrrole nitrogens is 1. The van der Waals surface area contributed by atoms with Crippen LogP contribution >= 0.6 is 0 Å². The molecule has 206 valence electrons. The Labute approximate surface area is 230 Å². The van der Waals surface area contributed by atoms with Gasteiger partial charge in [0.2, 0.25) is 0 Å². The van der Waals surface area contributed by atoms with Crippen molar-refractivity contribution in [3.8, 4) is 11.4 Å². The molecule has 10 heteroatoms. The lowest BCUT2D eigenvalue weighted by molar-refractivity contribution is 0.0301. The number of benzene rings is 3. The molecule has 0 spiro atoms. The molecule has 4 N–H and O–H groups in total. The molecule has 1 saturated heterocycles. The van der Waals surface area contributed by atoms with Crippen molar-refractivity contribution in [2.45, 2.75) is 19.4 Å². The number of hydrogen-bond acceptors (Lipinski definition) is 7. The van der Waals surface area contributed by atoms with E-state index < -0.39 is 11.1 Å². The number of aromatic amines is 1. The summed E-state index contributed by atoms with van der Waals surface area (Å²) < 4.78 is 6.48. The Morgan fingerprint density at radius 3 is 2.30 bits per heavy atom. The summed E-state index contributed by atoms with van der Waals surface area (Å²) in [5.41, 5.74) is 0.521. The highest BCUT2D eigenvalue weighted by Gasteiger charge is 2.25. The number of para-hydroxylation sites is 2. The number of nitrogens with zero attached hydrogens (tertiary/aromatic N) is 2. The predicted octanol–water partition coefficient (Wildman–Crippen LogP) is 4.01. The molecule has 1 aliphatic rings. The molecular formula is C30H31N5O5. The molecule has 3 aromatic carbocycles. The third kappa shape index (κ3) is 5.48. The molecule has 1 atom stereocenters. The Kier molecular flexibility index (Phi) is 7.97. The number of ether oxygens (including phenoxy) is 1. The number of phenolic OH excluding ortho intramolecular Hbond substituents is 1. The van der Waals surface area contributed by atoms with Crippen molar-refractivity contribution in [2.75, 3.05) is 36.9 Å². The van der Waals surface area contributed by atoms with Crippen molar-refractivity contribution in [3.63, 3.8) is 0 Å². The lowest BCUT2D eigenvalue weighted by atomic mass is 10.0. The number of carbonyl (C=O) groups excluding carboxylic acids is 1. The number of hydrogen-bond donors (Lipinski definition) is 4. The summed E-state index contributed by atoms with van der Waals surface area (Å²) in [4.78, 5) is 42.1. The van der Waals surface area contributed by atoms with Crippen LogP contribution in [0.25, 0.3) is 5.69 Å². The SMILES string of the molecule is CC[C@@H](Nc1c(Nc2cccc(C(=O)N3CCOCC3)c2O)c(=O)n(-c2ccccc2)[nH]c1=O)c1ccccc1. The van der Waals surface area contributed by atoms with Gasteiger partial charge < -0.3 is 25.4 Å². The number of phenols is 1. The van der Waals surface area contributed by atoms with Crippen molar-refractivity contribution < 1.29 is 14.6 Å².